The number of nitrogens with two attached hydrogens (primary N) is 1. The molecule has 0 saturated carbocycles. The zero-order valence-corrected chi connectivity index (χ0v) is 5.75. The van der Waals surface area contributed by atoms with Gasteiger partial charge in [-0.05, 0) is 26.1 Å². The van der Waals surface area contributed by atoms with Crippen molar-refractivity contribution in [1.82, 2.24) is 0 Å². The minimum atomic E-state index is -0.355. The quantitative estimate of drug-likeness (QED) is 0.517. The van der Waals surface area contributed by atoms with E-state index < -0.39 is 0 Å². The predicted molar refractivity (Wildman–Crippen MR) is 38.7 cm³/mol. The van der Waals surface area contributed by atoms with Crippen molar-refractivity contribution in [2.45, 2.75) is 19.4 Å². The van der Waals surface area contributed by atoms with E-state index in [9.17, 15) is 0 Å². The topological polar surface area (TPSA) is 58.6 Å². The van der Waals surface area contributed by atoms with Crippen LogP contribution in [-0.2, 0) is 0 Å². The average Bonchev–Trinajstić information content (AvgIpc) is 1.85. The van der Waals surface area contributed by atoms with Gasteiger partial charge in [-0.25, -0.2) is 0 Å². The molecule has 1 unspecified atom stereocenters. The van der Waals surface area contributed by atoms with Gasteiger partial charge in [0.25, 0.3) is 0 Å². The van der Waals surface area contributed by atoms with Crippen LogP contribution >= 0.6 is 0 Å². The van der Waals surface area contributed by atoms with E-state index in [4.69, 9.17) is 10.8 Å². The zero-order valence-electron chi connectivity index (χ0n) is 5.75. The fourth-order valence-electron chi connectivity index (χ4n) is 0.511. The van der Waals surface area contributed by atoms with Crippen molar-refractivity contribution >= 4 is 6.21 Å². The Kier molecular flexibility index (Phi) is 5.46. The number of rotatable bonds is 4. The number of hydrogen-bond donors (Lipinski definition) is 2. The third-order valence-corrected chi connectivity index (χ3v) is 0.999. The van der Waals surface area contributed by atoms with Gasteiger partial charge < -0.3 is 10.8 Å². The highest BCUT2D eigenvalue weighted by molar-refractivity contribution is 5.53. The van der Waals surface area contributed by atoms with Gasteiger partial charge in [-0.1, -0.05) is 0 Å². The van der Waals surface area contributed by atoms with Crippen LogP contribution in [0.25, 0.3) is 0 Å². The second-order valence-electron chi connectivity index (χ2n) is 1.85. The fourth-order valence-corrected chi connectivity index (χ4v) is 0.511. The zero-order chi connectivity index (χ0) is 7.11. The van der Waals surface area contributed by atoms with Crippen molar-refractivity contribution in [3.63, 3.8) is 0 Å². The summed E-state index contributed by atoms with van der Waals surface area (Å²) in [5.41, 5.74) is 5.19. The predicted octanol–water partition coefficient (Wildman–Crippen LogP) is -0.213. The molecule has 3 heteroatoms. The molecule has 54 valence electrons. The Morgan fingerprint density at radius 2 is 2.44 bits per heavy atom. The van der Waals surface area contributed by atoms with Gasteiger partial charge in [0, 0.05) is 0 Å². The molecule has 0 aliphatic carbocycles. The van der Waals surface area contributed by atoms with Crippen LogP contribution in [-0.4, -0.2) is 30.5 Å². The van der Waals surface area contributed by atoms with Gasteiger partial charge in [0.2, 0.25) is 0 Å². The molecule has 0 bridgehead atoms. The van der Waals surface area contributed by atoms with Crippen molar-refractivity contribution in [3.05, 3.63) is 0 Å². The maximum absolute atomic E-state index is 8.99. The summed E-state index contributed by atoms with van der Waals surface area (Å²) in [6, 6.07) is 0. The van der Waals surface area contributed by atoms with E-state index in [-0.39, 0.29) is 6.10 Å². The molecule has 0 saturated heterocycles. The van der Waals surface area contributed by atoms with Crippen molar-refractivity contribution in [2.75, 3.05) is 13.1 Å². The highest BCUT2D eigenvalue weighted by atomic mass is 16.3. The summed E-state index contributed by atoms with van der Waals surface area (Å²) in [6.45, 7) is 2.84. The largest absolute Gasteiger partial charge is 0.391 e. The third-order valence-electron chi connectivity index (χ3n) is 0.999. The van der Waals surface area contributed by atoms with Crippen LogP contribution in [0.3, 0.4) is 0 Å². The maximum atomic E-state index is 8.99. The Balaban J connectivity index is 3.15. The van der Waals surface area contributed by atoms with Gasteiger partial charge in [-0.2, -0.15) is 0 Å². The summed E-state index contributed by atoms with van der Waals surface area (Å²) in [4.78, 5) is 3.86. The number of aliphatic imine (C=N–C) groups is 1. The van der Waals surface area contributed by atoms with E-state index >= 15 is 0 Å². The fraction of sp³-hybridized carbons (Fsp3) is 0.833. The van der Waals surface area contributed by atoms with Crippen LogP contribution in [0, 0.1) is 0 Å². The number of hydrogen-bond acceptors (Lipinski definition) is 3. The molecule has 0 heterocycles. The molecule has 3 nitrogen and oxygen atoms in total. The molecule has 0 fully saturated rings. The first-order chi connectivity index (χ1) is 4.31. The van der Waals surface area contributed by atoms with E-state index in [1.165, 1.54) is 0 Å². The monoisotopic (exact) mass is 130 g/mol. The molecular formula is C6H14N2O. The summed E-state index contributed by atoms with van der Waals surface area (Å²) in [6.07, 6.45) is 1.96. The Morgan fingerprint density at radius 1 is 1.78 bits per heavy atom. The SMILES string of the molecule is CC=NCC(O)CCN. The van der Waals surface area contributed by atoms with Gasteiger partial charge in [0.1, 0.15) is 0 Å². The lowest BCUT2D eigenvalue weighted by atomic mass is 10.2. The molecule has 0 aromatic rings. The van der Waals surface area contributed by atoms with E-state index in [1.807, 2.05) is 6.92 Å². The van der Waals surface area contributed by atoms with Crippen molar-refractivity contribution < 1.29 is 5.11 Å². The van der Waals surface area contributed by atoms with Crippen molar-refractivity contribution in [1.29, 1.82) is 0 Å². The van der Waals surface area contributed by atoms with Crippen LogP contribution in [0.1, 0.15) is 13.3 Å². The molecule has 3 N–H and O–H groups in total. The third kappa shape index (κ3) is 5.46. The highest BCUT2D eigenvalue weighted by Crippen LogP contribution is 1.88. The summed E-state index contributed by atoms with van der Waals surface area (Å²) >= 11 is 0. The summed E-state index contributed by atoms with van der Waals surface area (Å²) in [7, 11) is 0. The van der Waals surface area contributed by atoms with Gasteiger partial charge in [0.05, 0.1) is 12.6 Å². The van der Waals surface area contributed by atoms with Crippen LogP contribution in [0.5, 0.6) is 0 Å². The maximum Gasteiger partial charge on any atom is 0.0747 e. The molecule has 0 aliphatic rings. The molecule has 9 heavy (non-hydrogen) atoms. The molecule has 0 rings (SSSR count). The highest BCUT2D eigenvalue weighted by Gasteiger charge is 1.97. The smallest absolute Gasteiger partial charge is 0.0747 e. The van der Waals surface area contributed by atoms with Gasteiger partial charge in [-0.3, -0.25) is 4.99 Å². The lowest BCUT2D eigenvalue weighted by Gasteiger charge is -2.02. The Bertz CT molecular complexity index is 83.1. The van der Waals surface area contributed by atoms with E-state index in [1.54, 1.807) is 6.21 Å². The second kappa shape index (κ2) is 5.72. The molecule has 0 aromatic carbocycles. The van der Waals surface area contributed by atoms with Crippen LogP contribution in [0.2, 0.25) is 0 Å². The minimum Gasteiger partial charge on any atom is -0.391 e. The number of aliphatic hydroxyl groups is 1. The Hall–Kier alpha value is -0.410. The summed E-state index contributed by atoms with van der Waals surface area (Å²) in [5, 5.41) is 8.99. The Morgan fingerprint density at radius 3 is 2.89 bits per heavy atom. The number of aliphatic hydroxyl groups excluding tert-OH is 1. The molecular weight excluding hydrogens is 116 g/mol. The standard InChI is InChI=1S/C6H14N2O/c1-2-8-5-6(9)3-4-7/h2,6,9H,3-5,7H2,1H3. The Labute approximate surface area is 55.6 Å². The van der Waals surface area contributed by atoms with Gasteiger partial charge in [0.15, 0.2) is 0 Å². The van der Waals surface area contributed by atoms with E-state index in [2.05, 4.69) is 4.99 Å². The van der Waals surface area contributed by atoms with E-state index in [0.29, 0.717) is 19.5 Å². The molecule has 0 radical (unpaired) electrons. The first kappa shape index (κ1) is 8.59. The summed E-state index contributed by atoms with van der Waals surface area (Å²) < 4.78 is 0. The lowest BCUT2D eigenvalue weighted by molar-refractivity contribution is 0.176. The number of nitrogens with zero attached hydrogens (tertiary/aromatic N) is 1. The summed E-state index contributed by atoms with van der Waals surface area (Å²) in [5.74, 6) is 0. The molecule has 0 amide bonds. The van der Waals surface area contributed by atoms with Gasteiger partial charge in [-0.15, -0.1) is 0 Å². The van der Waals surface area contributed by atoms with Gasteiger partial charge >= 0.3 is 0 Å². The average molecular weight is 130 g/mol. The first-order valence-corrected chi connectivity index (χ1v) is 3.13. The minimum absolute atomic E-state index is 0.355. The van der Waals surface area contributed by atoms with Crippen LogP contribution < -0.4 is 5.73 Å². The molecule has 0 aliphatic heterocycles. The molecule has 1 atom stereocenters. The van der Waals surface area contributed by atoms with E-state index in [0.717, 1.165) is 0 Å². The lowest BCUT2D eigenvalue weighted by Crippen LogP contribution is -2.16. The molecule has 0 aromatic heterocycles. The van der Waals surface area contributed by atoms with Crippen molar-refractivity contribution in [2.24, 2.45) is 10.7 Å². The van der Waals surface area contributed by atoms with Crippen LogP contribution in [0.15, 0.2) is 4.99 Å². The second-order valence-corrected chi connectivity index (χ2v) is 1.85. The first-order valence-electron chi connectivity index (χ1n) is 3.13. The molecule has 0 spiro atoms. The van der Waals surface area contributed by atoms with Crippen molar-refractivity contribution in [3.8, 4) is 0 Å². The normalized spacial score (nSPS) is 14.6. The van der Waals surface area contributed by atoms with Crippen LogP contribution in [0.4, 0.5) is 0 Å².